The van der Waals surface area contributed by atoms with Crippen LogP contribution in [-0.4, -0.2) is 17.7 Å². The molecule has 5 heteroatoms. The summed E-state index contributed by atoms with van der Waals surface area (Å²) in [5.74, 6) is 0. The summed E-state index contributed by atoms with van der Waals surface area (Å²) < 4.78 is 5.52. The minimum atomic E-state index is -0.374. The average Bonchev–Trinajstić information content (AvgIpc) is 2.53. The van der Waals surface area contributed by atoms with Gasteiger partial charge in [-0.1, -0.05) is 6.07 Å². The van der Waals surface area contributed by atoms with Crippen LogP contribution in [0.1, 0.15) is 11.6 Å². The molecule has 0 bridgehead atoms. The number of halogens is 1. The average molecular weight is 243 g/mol. The number of pyridine rings is 1. The zero-order valence-corrected chi connectivity index (χ0v) is 8.24. The Labute approximate surface area is 83.4 Å². The van der Waals surface area contributed by atoms with E-state index < -0.39 is 0 Å². The van der Waals surface area contributed by atoms with Gasteiger partial charge in [-0.25, -0.2) is 9.78 Å². The third-order valence-electron chi connectivity index (χ3n) is 1.84. The molecule has 1 unspecified atom stereocenters. The third kappa shape index (κ3) is 1.65. The number of rotatable bonds is 1. The minimum absolute atomic E-state index is 0.0874. The number of ether oxygens (including phenoxy) is 1. The van der Waals surface area contributed by atoms with E-state index in [9.17, 15) is 4.79 Å². The van der Waals surface area contributed by atoms with Crippen LogP contribution in [0.25, 0.3) is 0 Å². The van der Waals surface area contributed by atoms with E-state index >= 15 is 0 Å². The van der Waals surface area contributed by atoms with E-state index in [0.717, 1.165) is 10.2 Å². The first-order valence-electron chi connectivity index (χ1n) is 3.81. The minimum Gasteiger partial charge on any atom is -0.447 e. The summed E-state index contributed by atoms with van der Waals surface area (Å²) in [5.41, 5.74) is 0.938. The molecular formula is C8H7BrN2O2. The lowest BCUT2D eigenvalue weighted by Gasteiger charge is -2.07. The lowest BCUT2D eigenvalue weighted by molar-refractivity contribution is 0.177. The summed E-state index contributed by atoms with van der Waals surface area (Å²) in [4.78, 5) is 14.8. The number of alkyl carbamates (subject to hydrolysis) is 1. The first-order chi connectivity index (χ1) is 6.27. The Hall–Kier alpha value is -1.10. The highest BCUT2D eigenvalue weighted by Crippen LogP contribution is 2.23. The van der Waals surface area contributed by atoms with Gasteiger partial charge in [-0.3, -0.25) is 0 Å². The molecule has 1 amide bonds. The standard InChI is InChI=1S/C8H7BrN2O2/c9-7-5(2-1-3-10-7)6-4-13-8(12)11-6/h1-3,6H,4H2,(H,11,12). The zero-order chi connectivity index (χ0) is 9.26. The molecule has 0 spiro atoms. The van der Waals surface area contributed by atoms with Crippen molar-refractivity contribution in [2.75, 3.05) is 6.61 Å². The topological polar surface area (TPSA) is 51.2 Å². The van der Waals surface area contributed by atoms with Crippen molar-refractivity contribution in [2.45, 2.75) is 6.04 Å². The molecule has 1 saturated heterocycles. The number of aromatic nitrogens is 1. The van der Waals surface area contributed by atoms with Crippen molar-refractivity contribution in [1.29, 1.82) is 0 Å². The summed E-state index contributed by atoms with van der Waals surface area (Å²) >= 11 is 3.31. The molecule has 1 atom stereocenters. The van der Waals surface area contributed by atoms with Gasteiger partial charge in [0.25, 0.3) is 0 Å². The number of nitrogens with one attached hydrogen (secondary N) is 1. The van der Waals surface area contributed by atoms with Crippen LogP contribution in [-0.2, 0) is 4.74 Å². The van der Waals surface area contributed by atoms with Crippen molar-refractivity contribution < 1.29 is 9.53 Å². The van der Waals surface area contributed by atoms with Crippen molar-refractivity contribution in [1.82, 2.24) is 10.3 Å². The Morgan fingerprint density at radius 1 is 1.69 bits per heavy atom. The summed E-state index contributed by atoms with van der Waals surface area (Å²) in [5, 5.41) is 2.68. The van der Waals surface area contributed by atoms with E-state index in [1.54, 1.807) is 6.20 Å². The second-order valence-electron chi connectivity index (χ2n) is 2.68. The van der Waals surface area contributed by atoms with Crippen molar-refractivity contribution in [3.8, 4) is 0 Å². The van der Waals surface area contributed by atoms with Gasteiger partial charge in [-0.05, 0) is 22.0 Å². The molecule has 2 rings (SSSR count). The van der Waals surface area contributed by atoms with Crippen LogP contribution in [0.15, 0.2) is 22.9 Å². The molecular weight excluding hydrogens is 236 g/mol. The highest BCUT2D eigenvalue weighted by atomic mass is 79.9. The van der Waals surface area contributed by atoms with E-state index in [2.05, 4.69) is 26.2 Å². The molecule has 2 heterocycles. The van der Waals surface area contributed by atoms with Gasteiger partial charge in [0.15, 0.2) is 0 Å². The lowest BCUT2D eigenvalue weighted by Crippen LogP contribution is -2.18. The fourth-order valence-electron chi connectivity index (χ4n) is 1.21. The number of carbonyl (C=O) groups is 1. The molecule has 1 aromatic heterocycles. The van der Waals surface area contributed by atoms with Gasteiger partial charge in [-0.2, -0.15) is 0 Å². The number of cyclic esters (lactones) is 1. The predicted molar refractivity (Wildman–Crippen MR) is 49.2 cm³/mol. The van der Waals surface area contributed by atoms with E-state index in [-0.39, 0.29) is 12.1 Å². The molecule has 0 aromatic carbocycles. The van der Waals surface area contributed by atoms with Gasteiger partial charge >= 0.3 is 6.09 Å². The van der Waals surface area contributed by atoms with Crippen LogP contribution in [0.2, 0.25) is 0 Å². The zero-order valence-electron chi connectivity index (χ0n) is 6.66. The molecule has 0 radical (unpaired) electrons. The molecule has 1 aromatic rings. The van der Waals surface area contributed by atoms with Crippen LogP contribution in [0.5, 0.6) is 0 Å². The molecule has 1 N–H and O–H groups in total. The third-order valence-corrected chi connectivity index (χ3v) is 2.50. The van der Waals surface area contributed by atoms with Crippen LogP contribution in [0.3, 0.4) is 0 Å². The van der Waals surface area contributed by atoms with E-state index in [1.807, 2.05) is 12.1 Å². The molecule has 1 aliphatic rings. The second-order valence-corrected chi connectivity index (χ2v) is 3.43. The van der Waals surface area contributed by atoms with Gasteiger partial charge in [0.05, 0.1) is 6.04 Å². The monoisotopic (exact) mass is 242 g/mol. The summed E-state index contributed by atoms with van der Waals surface area (Å²) in [6, 6.07) is 3.64. The van der Waals surface area contributed by atoms with Crippen LogP contribution in [0.4, 0.5) is 4.79 Å². The maximum absolute atomic E-state index is 10.8. The Morgan fingerprint density at radius 2 is 2.54 bits per heavy atom. The Kier molecular flexibility index (Phi) is 2.18. The van der Waals surface area contributed by atoms with E-state index in [0.29, 0.717) is 6.61 Å². The van der Waals surface area contributed by atoms with E-state index in [4.69, 9.17) is 4.74 Å². The van der Waals surface area contributed by atoms with Crippen LogP contribution >= 0.6 is 15.9 Å². The van der Waals surface area contributed by atoms with Gasteiger partial charge in [-0.15, -0.1) is 0 Å². The number of hydrogen-bond acceptors (Lipinski definition) is 3. The first kappa shape index (κ1) is 8.50. The number of hydrogen-bond donors (Lipinski definition) is 1. The van der Waals surface area contributed by atoms with Crippen molar-refractivity contribution >= 4 is 22.0 Å². The van der Waals surface area contributed by atoms with E-state index in [1.165, 1.54) is 0 Å². The molecule has 13 heavy (non-hydrogen) atoms. The van der Waals surface area contributed by atoms with Crippen LogP contribution < -0.4 is 5.32 Å². The van der Waals surface area contributed by atoms with Gasteiger partial charge in [0.1, 0.15) is 11.2 Å². The molecule has 0 saturated carbocycles. The van der Waals surface area contributed by atoms with Gasteiger partial charge < -0.3 is 10.1 Å². The predicted octanol–water partition coefficient (Wildman–Crippen LogP) is 1.62. The Balaban J connectivity index is 2.26. The van der Waals surface area contributed by atoms with Crippen molar-refractivity contribution in [2.24, 2.45) is 0 Å². The molecule has 0 aliphatic carbocycles. The number of carbonyl (C=O) groups excluding carboxylic acids is 1. The Bertz CT molecular complexity index is 343. The smallest absolute Gasteiger partial charge is 0.407 e. The molecule has 4 nitrogen and oxygen atoms in total. The Morgan fingerprint density at radius 3 is 3.15 bits per heavy atom. The highest BCUT2D eigenvalue weighted by Gasteiger charge is 2.25. The number of amides is 1. The lowest BCUT2D eigenvalue weighted by atomic mass is 10.1. The number of nitrogens with zero attached hydrogens (tertiary/aromatic N) is 1. The molecule has 1 aliphatic heterocycles. The molecule has 68 valence electrons. The maximum Gasteiger partial charge on any atom is 0.407 e. The summed E-state index contributed by atoms with van der Waals surface area (Å²) in [6.45, 7) is 0.364. The fourth-order valence-corrected chi connectivity index (χ4v) is 1.74. The van der Waals surface area contributed by atoms with Crippen molar-refractivity contribution in [3.63, 3.8) is 0 Å². The van der Waals surface area contributed by atoms with Crippen LogP contribution in [0, 0.1) is 0 Å². The maximum atomic E-state index is 10.8. The molecule has 1 fully saturated rings. The van der Waals surface area contributed by atoms with Crippen molar-refractivity contribution in [3.05, 3.63) is 28.5 Å². The van der Waals surface area contributed by atoms with Gasteiger partial charge in [0.2, 0.25) is 0 Å². The highest BCUT2D eigenvalue weighted by molar-refractivity contribution is 9.10. The largest absolute Gasteiger partial charge is 0.447 e. The first-order valence-corrected chi connectivity index (χ1v) is 4.60. The normalized spacial score (nSPS) is 21.0. The van der Waals surface area contributed by atoms with Gasteiger partial charge in [0, 0.05) is 11.8 Å². The second kappa shape index (κ2) is 3.33. The summed E-state index contributed by atoms with van der Waals surface area (Å²) in [7, 11) is 0. The summed E-state index contributed by atoms with van der Waals surface area (Å²) in [6.07, 6.45) is 1.31. The fraction of sp³-hybridized carbons (Fsp3) is 0.250. The quantitative estimate of drug-likeness (QED) is 0.762. The SMILES string of the molecule is O=C1NC(c2cccnc2Br)CO1.